The zero-order valence-electron chi connectivity index (χ0n) is 10.8. The molecule has 0 saturated carbocycles. The summed E-state index contributed by atoms with van der Waals surface area (Å²) >= 11 is 0. The molecule has 0 aliphatic heterocycles. The van der Waals surface area contributed by atoms with Crippen LogP contribution in [0.2, 0.25) is 0 Å². The van der Waals surface area contributed by atoms with Gasteiger partial charge in [-0.3, -0.25) is 0 Å². The van der Waals surface area contributed by atoms with Gasteiger partial charge in [0.05, 0.1) is 0 Å². The molecular weight excluding hydrogens is 230 g/mol. The molecule has 0 bridgehead atoms. The van der Waals surface area contributed by atoms with Gasteiger partial charge in [0.15, 0.2) is 0 Å². The smallest absolute Gasteiger partial charge is 0.0473 e. The van der Waals surface area contributed by atoms with Gasteiger partial charge in [-0.1, -0.05) is 37.4 Å². The molecule has 1 aliphatic rings. The van der Waals surface area contributed by atoms with Gasteiger partial charge in [0.25, 0.3) is 0 Å². The van der Waals surface area contributed by atoms with Crippen molar-refractivity contribution in [2.45, 2.75) is 12.8 Å². The van der Waals surface area contributed by atoms with Crippen molar-refractivity contribution in [1.29, 1.82) is 0 Å². The topological polar surface area (TPSA) is 15.8 Å². The van der Waals surface area contributed by atoms with Crippen molar-refractivity contribution in [1.82, 2.24) is 4.98 Å². The van der Waals surface area contributed by atoms with Gasteiger partial charge in [0, 0.05) is 21.8 Å². The van der Waals surface area contributed by atoms with E-state index in [1.807, 2.05) is 12.2 Å². The second kappa shape index (κ2) is 3.61. The Morgan fingerprint density at radius 3 is 1.68 bits per heavy atom. The number of aromatic amines is 1. The van der Waals surface area contributed by atoms with E-state index in [-0.39, 0.29) is 0 Å². The van der Waals surface area contributed by atoms with Crippen LogP contribution in [0.1, 0.15) is 22.3 Å². The van der Waals surface area contributed by atoms with Crippen molar-refractivity contribution in [3.05, 3.63) is 59.7 Å². The zero-order chi connectivity index (χ0) is 13.0. The first-order valence-corrected chi connectivity index (χ1v) is 6.66. The Morgan fingerprint density at radius 1 is 0.789 bits per heavy atom. The summed E-state index contributed by atoms with van der Waals surface area (Å²) in [7, 11) is 0. The highest BCUT2D eigenvalue weighted by molar-refractivity contribution is 6.12. The first-order chi connectivity index (χ1) is 9.30. The van der Waals surface area contributed by atoms with E-state index in [1.54, 1.807) is 0 Å². The summed E-state index contributed by atoms with van der Waals surface area (Å²) in [5, 5.41) is 2.80. The molecule has 1 heterocycles. The SMILES string of the molecule is C=Cc1cc2c3c(c1)[nH]c1cc(C=C)cc(c13)CC2. The van der Waals surface area contributed by atoms with Gasteiger partial charge in [0.1, 0.15) is 0 Å². The Bertz CT molecular complexity index is 779. The molecule has 1 nitrogen and oxygen atoms in total. The number of hydrogen-bond acceptors (Lipinski definition) is 0. The van der Waals surface area contributed by atoms with Crippen molar-refractivity contribution in [3.8, 4) is 0 Å². The summed E-state index contributed by atoms with van der Waals surface area (Å²) in [6.07, 6.45) is 6.07. The first kappa shape index (κ1) is 10.6. The number of rotatable bonds is 2. The fourth-order valence-electron chi connectivity index (χ4n) is 3.29. The van der Waals surface area contributed by atoms with Crippen LogP contribution in [0.25, 0.3) is 34.0 Å². The van der Waals surface area contributed by atoms with E-state index in [0.717, 1.165) is 12.8 Å². The molecule has 92 valence electrons. The molecule has 19 heavy (non-hydrogen) atoms. The maximum Gasteiger partial charge on any atom is 0.0473 e. The van der Waals surface area contributed by atoms with E-state index in [9.17, 15) is 0 Å². The van der Waals surface area contributed by atoms with Gasteiger partial charge in [-0.15, -0.1) is 0 Å². The van der Waals surface area contributed by atoms with Crippen molar-refractivity contribution in [3.63, 3.8) is 0 Å². The summed E-state index contributed by atoms with van der Waals surface area (Å²) in [5.74, 6) is 0. The molecule has 0 fully saturated rings. The lowest BCUT2D eigenvalue weighted by Gasteiger charge is -2.14. The van der Waals surface area contributed by atoms with Crippen LogP contribution in [0, 0.1) is 0 Å². The predicted octanol–water partition coefficient (Wildman–Crippen LogP) is 4.71. The van der Waals surface area contributed by atoms with Crippen molar-refractivity contribution < 1.29 is 0 Å². The monoisotopic (exact) mass is 245 g/mol. The van der Waals surface area contributed by atoms with E-state index < -0.39 is 0 Å². The average Bonchev–Trinajstić information content (AvgIpc) is 2.82. The summed E-state index contributed by atoms with van der Waals surface area (Å²) in [6, 6.07) is 8.92. The second-order valence-electron chi connectivity index (χ2n) is 5.24. The molecule has 0 amide bonds. The molecule has 1 aromatic heterocycles. The minimum absolute atomic E-state index is 1.11. The lowest BCUT2D eigenvalue weighted by atomic mass is 9.89. The summed E-state index contributed by atoms with van der Waals surface area (Å²) in [4.78, 5) is 3.55. The van der Waals surface area contributed by atoms with Crippen molar-refractivity contribution >= 4 is 34.0 Å². The van der Waals surface area contributed by atoms with Crippen LogP contribution in [0.5, 0.6) is 0 Å². The molecule has 4 rings (SSSR count). The van der Waals surface area contributed by atoms with E-state index in [1.165, 1.54) is 44.1 Å². The van der Waals surface area contributed by atoms with Gasteiger partial charge < -0.3 is 4.98 Å². The quantitative estimate of drug-likeness (QED) is 0.673. The van der Waals surface area contributed by atoms with Crippen molar-refractivity contribution in [2.75, 3.05) is 0 Å². The molecule has 1 heteroatoms. The van der Waals surface area contributed by atoms with Crippen LogP contribution >= 0.6 is 0 Å². The van der Waals surface area contributed by atoms with Crippen LogP contribution in [0.4, 0.5) is 0 Å². The standard InChI is InChI=1S/C18H15N/c1-3-11-7-13-5-6-14-8-12(4-2)10-16-18(14)17(13)15(9-11)19-16/h3-4,7-10,19H,1-2,5-6H2. The van der Waals surface area contributed by atoms with Crippen molar-refractivity contribution in [2.24, 2.45) is 0 Å². The average molecular weight is 245 g/mol. The Morgan fingerprint density at radius 2 is 1.26 bits per heavy atom. The molecule has 0 unspecified atom stereocenters. The normalized spacial score (nSPS) is 13.3. The molecule has 0 saturated heterocycles. The van der Waals surface area contributed by atoms with E-state index in [4.69, 9.17) is 0 Å². The Kier molecular flexibility index (Phi) is 2.02. The summed E-state index contributed by atoms with van der Waals surface area (Å²) < 4.78 is 0. The molecule has 2 aromatic carbocycles. The number of hydrogen-bond donors (Lipinski definition) is 1. The zero-order valence-corrected chi connectivity index (χ0v) is 10.8. The third-order valence-corrected chi connectivity index (χ3v) is 4.14. The van der Waals surface area contributed by atoms with E-state index in [2.05, 4.69) is 42.4 Å². The first-order valence-electron chi connectivity index (χ1n) is 6.66. The van der Waals surface area contributed by atoms with Crippen LogP contribution < -0.4 is 0 Å². The van der Waals surface area contributed by atoms with Crippen LogP contribution in [0.3, 0.4) is 0 Å². The van der Waals surface area contributed by atoms with Crippen LogP contribution in [0.15, 0.2) is 37.4 Å². The van der Waals surface area contributed by atoms with E-state index >= 15 is 0 Å². The Hall–Kier alpha value is -2.28. The highest BCUT2D eigenvalue weighted by Crippen LogP contribution is 2.37. The lowest BCUT2D eigenvalue weighted by molar-refractivity contribution is 0.968. The molecule has 1 N–H and O–H groups in total. The third-order valence-electron chi connectivity index (χ3n) is 4.14. The highest BCUT2D eigenvalue weighted by Gasteiger charge is 2.18. The highest BCUT2D eigenvalue weighted by atomic mass is 14.7. The number of benzene rings is 2. The molecule has 0 atom stereocenters. The minimum atomic E-state index is 1.11. The van der Waals surface area contributed by atoms with E-state index in [0.29, 0.717) is 0 Å². The van der Waals surface area contributed by atoms with Crippen LogP contribution in [-0.4, -0.2) is 4.98 Å². The maximum atomic E-state index is 3.88. The third kappa shape index (κ3) is 1.36. The number of aryl methyl sites for hydroxylation is 2. The van der Waals surface area contributed by atoms with Gasteiger partial charge >= 0.3 is 0 Å². The number of nitrogens with one attached hydrogen (secondary N) is 1. The lowest BCUT2D eigenvalue weighted by Crippen LogP contribution is -1.99. The Balaban J connectivity index is 2.24. The Labute approximate surface area is 112 Å². The fourth-order valence-corrected chi connectivity index (χ4v) is 3.29. The molecule has 3 aromatic rings. The maximum absolute atomic E-state index is 3.88. The van der Waals surface area contributed by atoms with Gasteiger partial charge in [0.2, 0.25) is 0 Å². The summed E-state index contributed by atoms with van der Waals surface area (Å²) in [6.45, 7) is 7.77. The number of H-pyrrole nitrogens is 1. The van der Waals surface area contributed by atoms with Gasteiger partial charge in [-0.05, 0) is 47.2 Å². The minimum Gasteiger partial charge on any atom is -0.354 e. The fraction of sp³-hybridized carbons (Fsp3) is 0.111. The molecule has 1 aliphatic carbocycles. The van der Waals surface area contributed by atoms with Crippen LogP contribution in [-0.2, 0) is 12.8 Å². The molecular formula is C18H15N. The summed E-state index contributed by atoms with van der Waals surface area (Å²) in [5.41, 5.74) is 7.73. The molecule has 0 radical (unpaired) electrons. The second-order valence-corrected chi connectivity index (χ2v) is 5.24. The van der Waals surface area contributed by atoms with Gasteiger partial charge in [-0.2, -0.15) is 0 Å². The largest absolute Gasteiger partial charge is 0.354 e. The molecule has 0 spiro atoms. The predicted molar refractivity (Wildman–Crippen MR) is 83.4 cm³/mol. The van der Waals surface area contributed by atoms with Gasteiger partial charge in [-0.25, -0.2) is 0 Å². The number of aromatic nitrogens is 1.